The van der Waals surface area contributed by atoms with Gasteiger partial charge < -0.3 is 15.0 Å². The Balaban J connectivity index is 0.000000840. The number of anilines is 1. The first-order chi connectivity index (χ1) is 17.0. The summed E-state index contributed by atoms with van der Waals surface area (Å²) in [7, 11) is 0. The summed E-state index contributed by atoms with van der Waals surface area (Å²) in [6, 6.07) is 9.97. The molecule has 4 rings (SSSR count). The summed E-state index contributed by atoms with van der Waals surface area (Å²) in [5.74, 6) is -0.923. The summed E-state index contributed by atoms with van der Waals surface area (Å²) in [5.41, 5.74) is 0.818. The Morgan fingerprint density at radius 2 is 1.72 bits per heavy atom. The Labute approximate surface area is 205 Å². The van der Waals surface area contributed by atoms with Crippen LogP contribution in [0.3, 0.4) is 0 Å². The second-order valence-electron chi connectivity index (χ2n) is 8.40. The van der Waals surface area contributed by atoms with Crippen molar-refractivity contribution in [3.05, 3.63) is 78.0 Å². The van der Waals surface area contributed by atoms with E-state index in [9.17, 15) is 22.4 Å². The largest absolute Gasteiger partial charge is 0.481 e. The molecule has 1 saturated heterocycles. The van der Waals surface area contributed by atoms with Crippen molar-refractivity contribution in [3.8, 4) is 5.82 Å². The van der Waals surface area contributed by atoms with Crippen LogP contribution in [-0.4, -0.2) is 44.5 Å². The number of pyridine rings is 1. The normalized spacial score (nSPS) is 14.6. The van der Waals surface area contributed by atoms with Crippen molar-refractivity contribution in [2.45, 2.75) is 32.5 Å². The van der Waals surface area contributed by atoms with Crippen molar-refractivity contribution < 1.29 is 32.3 Å². The number of halogens is 4. The number of aromatic nitrogens is 2. The molecule has 1 fully saturated rings. The third kappa shape index (κ3) is 7.91. The first-order valence-corrected chi connectivity index (χ1v) is 11.2. The smallest absolute Gasteiger partial charge is 0.417 e. The Hall–Kier alpha value is -3.73. The van der Waals surface area contributed by atoms with Crippen molar-refractivity contribution in [1.82, 2.24) is 14.5 Å². The summed E-state index contributed by atoms with van der Waals surface area (Å²) in [4.78, 5) is 27.6. The molecule has 1 aromatic carbocycles. The van der Waals surface area contributed by atoms with Crippen LogP contribution < -0.4 is 5.32 Å². The SMILES string of the molecule is CC(=O)O.O=C(Nc1ccc(F)cc1)C1CCN(Cc2ccn(-c3ccc(C(F)(F)F)cn3)c2)CC1. The molecule has 0 unspecified atom stereocenters. The predicted octanol–water partition coefficient (Wildman–Crippen LogP) is 4.97. The number of alkyl halides is 3. The van der Waals surface area contributed by atoms with Gasteiger partial charge in [0, 0.05) is 43.7 Å². The molecule has 11 heteroatoms. The number of carboxylic acid groups (broad SMARTS) is 1. The number of amides is 1. The number of likely N-dealkylation sites (tertiary alicyclic amines) is 1. The summed E-state index contributed by atoms with van der Waals surface area (Å²) in [6.07, 6.45) is 1.48. The first-order valence-electron chi connectivity index (χ1n) is 11.2. The van der Waals surface area contributed by atoms with Crippen molar-refractivity contribution in [1.29, 1.82) is 0 Å². The fourth-order valence-electron chi connectivity index (χ4n) is 3.77. The molecule has 3 aromatic rings. The van der Waals surface area contributed by atoms with Crippen LogP contribution in [0.1, 0.15) is 30.9 Å². The number of nitrogens with one attached hydrogen (secondary N) is 1. The molecular formula is C25H26F4N4O3. The Morgan fingerprint density at radius 1 is 1.08 bits per heavy atom. The van der Waals surface area contributed by atoms with Crippen molar-refractivity contribution in [2.75, 3.05) is 18.4 Å². The van der Waals surface area contributed by atoms with Crippen LogP contribution in [-0.2, 0) is 22.3 Å². The molecule has 2 aromatic heterocycles. The van der Waals surface area contributed by atoms with Gasteiger partial charge in [-0.3, -0.25) is 14.5 Å². The Morgan fingerprint density at radius 3 is 2.28 bits per heavy atom. The van der Waals surface area contributed by atoms with Crippen molar-refractivity contribution >= 4 is 17.6 Å². The maximum Gasteiger partial charge on any atom is 0.417 e. The molecule has 1 amide bonds. The predicted molar refractivity (Wildman–Crippen MR) is 125 cm³/mol. The van der Waals surface area contributed by atoms with Crippen molar-refractivity contribution in [3.63, 3.8) is 0 Å². The minimum atomic E-state index is -4.41. The van der Waals surface area contributed by atoms with Gasteiger partial charge in [0.1, 0.15) is 11.6 Å². The number of hydrogen-bond donors (Lipinski definition) is 2. The van der Waals surface area contributed by atoms with Crippen molar-refractivity contribution in [2.24, 2.45) is 5.92 Å². The van der Waals surface area contributed by atoms with Crippen LogP contribution in [0.2, 0.25) is 0 Å². The summed E-state index contributed by atoms with van der Waals surface area (Å²) in [5, 5.41) is 10.2. The van der Waals surface area contributed by atoms with E-state index in [1.165, 1.54) is 18.2 Å². The minimum absolute atomic E-state index is 0.0595. The van der Waals surface area contributed by atoms with Crippen LogP contribution in [0.4, 0.5) is 23.2 Å². The molecule has 36 heavy (non-hydrogen) atoms. The highest BCUT2D eigenvalue weighted by molar-refractivity contribution is 5.92. The zero-order valence-electron chi connectivity index (χ0n) is 19.5. The number of carboxylic acids is 1. The molecule has 2 N–H and O–H groups in total. The fourth-order valence-corrected chi connectivity index (χ4v) is 3.77. The van der Waals surface area contributed by atoms with E-state index in [2.05, 4.69) is 15.2 Å². The third-order valence-corrected chi connectivity index (χ3v) is 5.57. The van der Waals surface area contributed by atoms with Gasteiger partial charge >= 0.3 is 6.18 Å². The Kier molecular flexibility index (Phi) is 8.81. The molecule has 192 valence electrons. The molecule has 0 bridgehead atoms. The maximum absolute atomic E-state index is 13.0. The van der Waals surface area contributed by atoms with E-state index in [0.29, 0.717) is 30.9 Å². The summed E-state index contributed by atoms with van der Waals surface area (Å²) in [6.45, 7) is 3.27. The highest BCUT2D eigenvalue weighted by atomic mass is 19.4. The molecule has 1 aliphatic rings. The van der Waals surface area contributed by atoms with Gasteiger partial charge in [0.15, 0.2) is 0 Å². The number of carbonyl (C=O) groups is 2. The standard InChI is InChI=1S/C23H22F4N4O.C2H4O2/c24-19-2-4-20(5-3-19)29-22(32)17-8-10-30(11-9-17)14-16-7-12-31(15-16)21-6-1-18(13-28-21)23(25,26)27;1-2(3)4/h1-7,12-13,15,17H,8-11,14H2,(H,29,32);1H3,(H,3,4). The van der Waals surface area contributed by atoms with E-state index in [0.717, 1.165) is 37.8 Å². The maximum atomic E-state index is 13.0. The lowest BCUT2D eigenvalue weighted by Crippen LogP contribution is -2.37. The molecule has 0 spiro atoms. The average Bonchev–Trinajstić information content (AvgIpc) is 3.29. The first kappa shape index (κ1) is 26.9. The van der Waals surface area contributed by atoms with E-state index in [1.54, 1.807) is 22.9 Å². The second-order valence-corrected chi connectivity index (χ2v) is 8.40. The van der Waals surface area contributed by atoms with Crippen LogP contribution in [0, 0.1) is 11.7 Å². The van der Waals surface area contributed by atoms with E-state index in [4.69, 9.17) is 9.90 Å². The number of hydrogen-bond acceptors (Lipinski definition) is 4. The number of carbonyl (C=O) groups excluding carboxylic acids is 1. The quantitative estimate of drug-likeness (QED) is 0.477. The van der Waals surface area contributed by atoms with Crippen LogP contribution in [0.25, 0.3) is 5.82 Å². The highest BCUT2D eigenvalue weighted by Gasteiger charge is 2.30. The number of aliphatic carboxylic acids is 1. The van der Waals surface area contributed by atoms with Crippen LogP contribution >= 0.6 is 0 Å². The number of rotatable bonds is 5. The lowest BCUT2D eigenvalue weighted by molar-refractivity contribution is -0.138. The zero-order chi connectivity index (χ0) is 26.3. The molecule has 3 heterocycles. The molecule has 0 atom stereocenters. The number of benzene rings is 1. The lowest BCUT2D eigenvalue weighted by Gasteiger charge is -2.31. The Bertz CT molecular complexity index is 1150. The third-order valence-electron chi connectivity index (χ3n) is 5.57. The molecule has 0 radical (unpaired) electrons. The van der Waals surface area contributed by atoms with Crippen LogP contribution in [0.15, 0.2) is 61.1 Å². The van der Waals surface area contributed by atoms with Gasteiger partial charge in [-0.1, -0.05) is 0 Å². The minimum Gasteiger partial charge on any atom is -0.481 e. The monoisotopic (exact) mass is 506 g/mol. The molecule has 0 aliphatic carbocycles. The van der Waals surface area contributed by atoms with Gasteiger partial charge in [-0.05, 0) is 74.0 Å². The summed E-state index contributed by atoms with van der Waals surface area (Å²) >= 11 is 0. The van der Waals surface area contributed by atoms with Gasteiger partial charge in [-0.2, -0.15) is 13.2 Å². The average molecular weight is 507 g/mol. The van der Waals surface area contributed by atoms with E-state index < -0.39 is 17.7 Å². The topological polar surface area (TPSA) is 87.5 Å². The molecule has 7 nitrogen and oxygen atoms in total. The summed E-state index contributed by atoms with van der Waals surface area (Å²) < 4.78 is 52.8. The number of piperidine rings is 1. The number of nitrogens with zero attached hydrogens (tertiary/aromatic N) is 3. The van der Waals surface area contributed by atoms with Crippen LogP contribution in [0.5, 0.6) is 0 Å². The molecule has 1 aliphatic heterocycles. The van der Waals surface area contributed by atoms with E-state index >= 15 is 0 Å². The highest BCUT2D eigenvalue weighted by Crippen LogP contribution is 2.29. The fraction of sp³-hybridized carbons (Fsp3) is 0.320. The van der Waals surface area contributed by atoms with E-state index in [-0.39, 0.29) is 17.6 Å². The van der Waals surface area contributed by atoms with Gasteiger partial charge in [0.2, 0.25) is 5.91 Å². The van der Waals surface area contributed by atoms with Gasteiger partial charge in [0.25, 0.3) is 5.97 Å². The van der Waals surface area contributed by atoms with Gasteiger partial charge in [0.05, 0.1) is 5.56 Å². The van der Waals surface area contributed by atoms with E-state index in [1.807, 2.05) is 12.3 Å². The zero-order valence-corrected chi connectivity index (χ0v) is 19.5. The molecular weight excluding hydrogens is 480 g/mol. The molecule has 0 saturated carbocycles. The van der Waals surface area contributed by atoms with Gasteiger partial charge in [-0.25, -0.2) is 9.37 Å². The van der Waals surface area contributed by atoms with Gasteiger partial charge in [-0.15, -0.1) is 0 Å². The second kappa shape index (κ2) is 11.8. The lowest BCUT2D eigenvalue weighted by atomic mass is 9.95.